The number of carbonyl (C=O) groups excluding carboxylic acids is 2. The summed E-state index contributed by atoms with van der Waals surface area (Å²) in [6.45, 7) is 2.27. The predicted octanol–water partition coefficient (Wildman–Crippen LogP) is 6.98. The van der Waals surface area contributed by atoms with Crippen LogP contribution in [0.2, 0.25) is 5.02 Å². The van der Waals surface area contributed by atoms with Gasteiger partial charge in [-0.05, 0) is 106 Å². The first kappa shape index (κ1) is 26.4. The number of nitrogens with one attached hydrogen (secondary N) is 1. The van der Waals surface area contributed by atoms with Crippen molar-refractivity contribution in [3.63, 3.8) is 0 Å². The summed E-state index contributed by atoms with van der Waals surface area (Å²) in [4.78, 5) is 26.3. The number of hydrogen-bond acceptors (Lipinski definition) is 5. The van der Waals surface area contributed by atoms with Crippen LogP contribution in [-0.2, 0) is 11.4 Å². The minimum atomic E-state index is -0.511. The first-order valence-corrected chi connectivity index (χ1v) is 14.0. The van der Waals surface area contributed by atoms with Crippen molar-refractivity contribution in [2.45, 2.75) is 13.5 Å². The van der Waals surface area contributed by atoms with Crippen molar-refractivity contribution < 1.29 is 14.3 Å². The zero-order valence-electron chi connectivity index (χ0n) is 18.2. The number of hydrazine groups is 1. The van der Waals surface area contributed by atoms with Crippen molar-refractivity contribution >= 4 is 103 Å². The Hall–Kier alpha value is -1.67. The summed E-state index contributed by atoms with van der Waals surface area (Å²) in [7, 11) is 0. The van der Waals surface area contributed by atoms with Crippen LogP contribution in [0.5, 0.6) is 5.75 Å². The van der Waals surface area contributed by atoms with Crippen molar-refractivity contribution in [2.75, 3.05) is 0 Å². The summed E-state index contributed by atoms with van der Waals surface area (Å²) < 4.78 is 8.30. The fourth-order valence-corrected chi connectivity index (χ4v) is 6.78. The number of thiocarbonyl (C=S) groups is 1. The molecule has 1 aliphatic rings. The van der Waals surface area contributed by atoms with Crippen LogP contribution in [0.4, 0.5) is 0 Å². The maximum atomic E-state index is 13.1. The van der Waals surface area contributed by atoms with Gasteiger partial charge in [0.2, 0.25) is 0 Å². The van der Waals surface area contributed by atoms with Crippen LogP contribution in [0.1, 0.15) is 27.0 Å². The van der Waals surface area contributed by atoms with E-state index in [9.17, 15) is 9.59 Å². The molecule has 0 radical (unpaired) electrons. The molecule has 1 heterocycles. The highest BCUT2D eigenvalue weighted by molar-refractivity contribution is 14.1. The van der Waals surface area contributed by atoms with Crippen LogP contribution in [-0.4, -0.2) is 21.1 Å². The highest BCUT2D eigenvalue weighted by atomic mass is 127. The Balaban J connectivity index is 1.57. The third-order valence-electron chi connectivity index (χ3n) is 4.93. The minimum Gasteiger partial charge on any atom is -0.487 e. The highest BCUT2D eigenvalue weighted by Gasteiger charge is 2.34. The lowest BCUT2D eigenvalue weighted by molar-refractivity contribution is -0.123. The molecule has 0 bridgehead atoms. The molecule has 0 aromatic heterocycles. The number of aryl methyl sites for hydroxylation is 1. The average Bonchev–Trinajstić information content (AvgIpc) is 3.06. The molecular formula is C25H17ClI2N2O3S2. The summed E-state index contributed by atoms with van der Waals surface area (Å²) >= 11 is 17.2. The molecule has 1 aliphatic heterocycles. The third kappa shape index (κ3) is 6.37. The third-order valence-corrected chi connectivity index (χ3v) is 7.96. The minimum absolute atomic E-state index is 0.227. The summed E-state index contributed by atoms with van der Waals surface area (Å²) in [6, 6.07) is 18.9. The van der Waals surface area contributed by atoms with Gasteiger partial charge in [-0.2, -0.15) is 5.01 Å². The topological polar surface area (TPSA) is 58.6 Å². The molecule has 1 fully saturated rings. The van der Waals surface area contributed by atoms with Crippen molar-refractivity contribution in [3.8, 4) is 5.75 Å². The van der Waals surface area contributed by atoms with E-state index in [-0.39, 0.29) is 9.88 Å². The van der Waals surface area contributed by atoms with Gasteiger partial charge in [0.25, 0.3) is 11.8 Å². The zero-order valence-corrected chi connectivity index (χ0v) is 24.9. The first-order chi connectivity index (χ1) is 16.7. The maximum Gasteiger partial charge on any atom is 0.285 e. The Kier molecular flexibility index (Phi) is 8.74. The quantitative estimate of drug-likeness (QED) is 0.168. The molecule has 1 N–H and O–H groups in total. The van der Waals surface area contributed by atoms with Crippen molar-refractivity contribution in [3.05, 3.63) is 100.0 Å². The van der Waals surface area contributed by atoms with E-state index >= 15 is 0 Å². The maximum absolute atomic E-state index is 13.1. The van der Waals surface area contributed by atoms with Crippen LogP contribution in [0.15, 0.2) is 65.6 Å². The monoisotopic (exact) mass is 746 g/mol. The predicted molar refractivity (Wildman–Crippen MR) is 161 cm³/mol. The second-order valence-corrected chi connectivity index (χ2v) is 12.0. The summed E-state index contributed by atoms with van der Waals surface area (Å²) in [5, 5.41) is 1.38. The van der Waals surface area contributed by atoms with E-state index in [0.717, 1.165) is 40.6 Å². The molecule has 3 aromatic carbocycles. The van der Waals surface area contributed by atoms with Crippen LogP contribution < -0.4 is 10.2 Å². The fraction of sp³-hybridized carbons (Fsp3) is 0.0800. The molecule has 10 heteroatoms. The Morgan fingerprint density at radius 2 is 1.91 bits per heavy atom. The molecule has 1 saturated heterocycles. The van der Waals surface area contributed by atoms with Gasteiger partial charge in [0.05, 0.1) is 19.1 Å². The second kappa shape index (κ2) is 11.6. The summed E-state index contributed by atoms with van der Waals surface area (Å²) in [6.07, 6.45) is 1.75. The smallest absolute Gasteiger partial charge is 0.285 e. The average molecular weight is 747 g/mol. The molecule has 2 amide bonds. The molecule has 5 nitrogen and oxygen atoms in total. The second-order valence-electron chi connectivity index (χ2n) is 7.52. The van der Waals surface area contributed by atoms with Crippen molar-refractivity contribution in [2.24, 2.45) is 0 Å². The molecule has 0 aliphatic carbocycles. The van der Waals surface area contributed by atoms with Crippen molar-refractivity contribution in [1.29, 1.82) is 0 Å². The molecular weight excluding hydrogens is 730 g/mol. The number of rotatable bonds is 6. The standard InChI is InChI=1S/C25H17ClI2N2O3S2/c1-14-7-8-18(19(26)9-14)23(31)29-30-24(32)21(35-25(30)34)11-16-10-17(27)12-20(28)22(16)33-13-15-5-3-2-4-6-15/h2-12H,13H2,1H3,(H,29,31)/b21-11+. The van der Waals surface area contributed by atoms with Crippen molar-refractivity contribution in [1.82, 2.24) is 10.4 Å². The van der Waals surface area contributed by atoms with E-state index in [1.807, 2.05) is 49.4 Å². The van der Waals surface area contributed by atoms with E-state index in [1.54, 1.807) is 24.3 Å². The van der Waals surface area contributed by atoms with Crippen LogP contribution >= 0.6 is 80.8 Å². The normalized spacial score (nSPS) is 14.5. The molecule has 178 valence electrons. The van der Waals surface area contributed by atoms with Gasteiger partial charge in [-0.3, -0.25) is 15.0 Å². The number of nitrogens with zero attached hydrogens (tertiary/aromatic N) is 1. The van der Waals surface area contributed by atoms with Crippen LogP contribution in [0.25, 0.3) is 6.08 Å². The molecule has 0 atom stereocenters. The van der Waals surface area contributed by atoms with Crippen LogP contribution in [0.3, 0.4) is 0 Å². The molecule has 35 heavy (non-hydrogen) atoms. The first-order valence-electron chi connectivity index (χ1n) is 10.2. The largest absolute Gasteiger partial charge is 0.487 e. The van der Waals surface area contributed by atoms with Gasteiger partial charge in [0, 0.05) is 9.13 Å². The molecule has 3 aromatic rings. The van der Waals surface area contributed by atoms with E-state index in [2.05, 4.69) is 50.6 Å². The Bertz CT molecular complexity index is 1370. The Labute approximate surface area is 244 Å². The van der Waals surface area contributed by atoms with Gasteiger partial charge in [0.15, 0.2) is 4.32 Å². The van der Waals surface area contributed by atoms with Gasteiger partial charge in [-0.25, -0.2) is 0 Å². The molecule has 0 saturated carbocycles. The SMILES string of the molecule is Cc1ccc(C(=O)NN2C(=O)/C(=C\c3cc(I)cc(I)c3OCc3ccccc3)SC2=S)c(Cl)c1. The molecule has 4 rings (SSSR count). The zero-order chi connectivity index (χ0) is 25.1. The number of benzene rings is 3. The molecule has 0 unspecified atom stereocenters. The van der Waals surface area contributed by atoms with Gasteiger partial charge in [-0.15, -0.1) is 0 Å². The molecule has 0 spiro atoms. The lowest BCUT2D eigenvalue weighted by Crippen LogP contribution is -2.44. The van der Waals surface area contributed by atoms with Gasteiger partial charge in [-0.1, -0.05) is 59.8 Å². The number of amides is 2. The highest BCUT2D eigenvalue weighted by Crippen LogP contribution is 2.36. The lowest BCUT2D eigenvalue weighted by atomic mass is 10.1. The number of halogens is 3. The Morgan fingerprint density at radius 3 is 2.63 bits per heavy atom. The fourth-order valence-electron chi connectivity index (χ4n) is 3.24. The van der Waals surface area contributed by atoms with E-state index in [1.165, 1.54) is 0 Å². The van der Waals surface area contributed by atoms with E-state index in [0.29, 0.717) is 22.3 Å². The van der Waals surface area contributed by atoms with Crippen LogP contribution in [0, 0.1) is 14.1 Å². The number of hydrogen-bond donors (Lipinski definition) is 1. The van der Waals surface area contributed by atoms with Gasteiger partial charge < -0.3 is 4.74 Å². The number of thioether (sulfide) groups is 1. The Morgan fingerprint density at radius 1 is 1.17 bits per heavy atom. The number of carbonyl (C=O) groups is 2. The van der Waals surface area contributed by atoms with E-state index in [4.69, 9.17) is 28.6 Å². The van der Waals surface area contributed by atoms with Gasteiger partial charge >= 0.3 is 0 Å². The van der Waals surface area contributed by atoms with Gasteiger partial charge in [0.1, 0.15) is 12.4 Å². The van der Waals surface area contributed by atoms with E-state index < -0.39 is 11.8 Å². The lowest BCUT2D eigenvalue weighted by Gasteiger charge is -2.16. The summed E-state index contributed by atoms with van der Waals surface area (Å²) in [5.41, 5.74) is 5.56. The summed E-state index contributed by atoms with van der Waals surface area (Å²) in [5.74, 6) is -0.252. The number of ether oxygens (including phenoxy) is 1.